The summed E-state index contributed by atoms with van der Waals surface area (Å²) in [6.07, 6.45) is -0.686. The van der Waals surface area contributed by atoms with Crippen molar-refractivity contribution < 1.29 is 29.3 Å². The van der Waals surface area contributed by atoms with Gasteiger partial charge >= 0.3 is 18.0 Å². The van der Waals surface area contributed by atoms with Crippen molar-refractivity contribution in [1.82, 2.24) is 4.90 Å². The van der Waals surface area contributed by atoms with Gasteiger partial charge in [-0.3, -0.25) is 9.69 Å². The van der Waals surface area contributed by atoms with Gasteiger partial charge in [-0.25, -0.2) is 9.59 Å². The van der Waals surface area contributed by atoms with Gasteiger partial charge in [0.2, 0.25) is 0 Å². The van der Waals surface area contributed by atoms with Crippen LogP contribution in [0, 0.1) is 0 Å². The van der Waals surface area contributed by atoms with Gasteiger partial charge in [0.25, 0.3) is 0 Å². The molecule has 1 amide bonds. The molecule has 0 bridgehead atoms. The van der Waals surface area contributed by atoms with Gasteiger partial charge in [-0.05, 0) is 45.9 Å². The molecule has 8 nitrogen and oxygen atoms in total. The number of carbonyl (C=O) groups is 3. The summed E-state index contributed by atoms with van der Waals surface area (Å²) < 4.78 is 4.54. The number of carbonyl (C=O) groups excluding carboxylic acids is 1. The van der Waals surface area contributed by atoms with Gasteiger partial charge in [-0.2, -0.15) is 12.6 Å². The largest absolute Gasteiger partial charge is 0.480 e. The summed E-state index contributed by atoms with van der Waals surface area (Å²) in [5.41, 5.74) is 10.8. The minimum atomic E-state index is -1.20. The van der Waals surface area contributed by atoms with E-state index in [0.717, 1.165) is 38.9 Å². The van der Waals surface area contributed by atoms with E-state index in [2.05, 4.69) is 49.0 Å². The Labute approximate surface area is 307 Å². The zero-order valence-corrected chi connectivity index (χ0v) is 30.0. The number of nitrogens with two attached hydrogens (primary N) is 1. The summed E-state index contributed by atoms with van der Waals surface area (Å²) in [5.74, 6) is -1.86. The topological polar surface area (TPSA) is 130 Å². The number of carboxylic acid groups (broad SMARTS) is 2. The monoisotopic (exact) mass is 720 g/mol. The van der Waals surface area contributed by atoms with Gasteiger partial charge < -0.3 is 20.7 Å². The second-order valence-corrected chi connectivity index (χ2v) is 13.8. The number of hydrogen-bond donors (Lipinski definition) is 4. The Morgan fingerprint density at radius 3 is 1.47 bits per heavy atom. The van der Waals surface area contributed by atoms with Crippen LogP contribution in [-0.2, 0) is 19.1 Å². The lowest BCUT2D eigenvalue weighted by Crippen LogP contribution is -2.49. The summed E-state index contributed by atoms with van der Waals surface area (Å²) in [5, 5.41) is 19.1. The van der Waals surface area contributed by atoms with Crippen LogP contribution >= 0.6 is 24.4 Å². The zero-order valence-electron chi connectivity index (χ0n) is 28.3. The van der Waals surface area contributed by atoms with E-state index in [9.17, 15) is 19.5 Å². The summed E-state index contributed by atoms with van der Waals surface area (Å²) in [4.78, 5) is 38.3. The minimum Gasteiger partial charge on any atom is -0.480 e. The molecule has 4 N–H and O–H groups in total. The van der Waals surface area contributed by atoms with E-state index in [1.54, 1.807) is 0 Å². The Bertz CT molecular complexity index is 1820. The van der Waals surface area contributed by atoms with Crippen LogP contribution < -0.4 is 5.73 Å². The number of methoxy groups -OCH3 is 1. The average molecular weight is 721 g/mol. The van der Waals surface area contributed by atoms with E-state index in [0.29, 0.717) is 0 Å². The number of fused-ring (bicyclic) bond motifs is 3. The highest BCUT2D eigenvalue weighted by Gasteiger charge is 2.45. The van der Waals surface area contributed by atoms with Gasteiger partial charge in [0.1, 0.15) is 11.6 Å². The van der Waals surface area contributed by atoms with E-state index in [1.165, 1.54) is 30.7 Å². The van der Waals surface area contributed by atoms with Crippen LogP contribution in [-0.4, -0.2) is 63.3 Å². The molecule has 0 spiro atoms. The third-order valence-electron chi connectivity index (χ3n) is 8.90. The maximum Gasteiger partial charge on any atom is 0.411 e. The molecular weight excluding hydrogens is 681 g/mol. The van der Waals surface area contributed by atoms with E-state index >= 15 is 0 Å². The molecule has 6 rings (SSSR count). The number of thioether (sulfide) groups is 1. The quantitative estimate of drug-likeness (QED) is 0.0807. The maximum absolute atomic E-state index is 13.6. The lowest BCUT2D eigenvalue weighted by atomic mass is 9.84. The highest BCUT2D eigenvalue weighted by molar-refractivity contribution is 8.00. The molecule has 0 aliphatic heterocycles. The fourth-order valence-corrected chi connectivity index (χ4v) is 8.01. The molecule has 1 aliphatic rings. The van der Waals surface area contributed by atoms with Crippen molar-refractivity contribution in [2.24, 2.45) is 5.73 Å². The van der Waals surface area contributed by atoms with E-state index < -0.39 is 40.4 Å². The SMILES string of the molecule is COC(=O)N(C(CSC(c1ccccc1)(c1ccccc1)c1ccccc1)C(=O)O)C1c2ccccc2-c2ccccc21.C[C@@](N)(CS)C(=O)O. The molecule has 262 valence electrons. The van der Waals surface area contributed by atoms with Crippen molar-refractivity contribution in [1.29, 1.82) is 0 Å². The third kappa shape index (κ3) is 7.68. The summed E-state index contributed by atoms with van der Waals surface area (Å²) in [6, 6.07) is 44.3. The number of nitrogens with zero attached hydrogens (tertiary/aromatic N) is 1. The molecule has 5 aromatic rings. The molecule has 1 aliphatic carbocycles. The molecule has 0 radical (unpaired) electrons. The maximum atomic E-state index is 13.6. The van der Waals surface area contributed by atoms with Crippen molar-refractivity contribution >= 4 is 42.4 Å². The number of rotatable bonds is 11. The summed E-state index contributed by atoms with van der Waals surface area (Å²) >= 11 is 5.25. The molecule has 51 heavy (non-hydrogen) atoms. The molecule has 0 heterocycles. The van der Waals surface area contributed by atoms with Gasteiger partial charge in [-0.15, -0.1) is 11.8 Å². The Kier molecular flexibility index (Phi) is 11.9. The molecule has 0 saturated carbocycles. The Balaban J connectivity index is 0.000000565. The fraction of sp³-hybridized carbons (Fsp3) is 0.195. The van der Waals surface area contributed by atoms with E-state index in [-0.39, 0.29) is 11.5 Å². The number of ether oxygens (including phenoxy) is 1. The van der Waals surface area contributed by atoms with Gasteiger partial charge in [0, 0.05) is 11.5 Å². The van der Waals surface area contributed by atoms with Crippen LogP contribution in [0.1, 0.15) is 40.8 Å². The predicted octanol–water partition coefficient (Wildman–Crippen LogP) is 7.72. The highest BCUT2D eigenvalue weighted by Crippen LogP contribution is 2.51. The van der Waals surface area contributed by atoms with Crippen molar-refractivity contribution in [2.45, 2.75) is 29.3 Å². The second kappa shape index (κ2) is 16.3. The first-order valence-electron chi connectivity index (χ1n) is 16.3. The van der Waals surface area contributed by atoms with E-state index in [4.69, 9.17) is 15.6 Å². The molecule has 0 aromatic heterocycles. The van der Waals surface area contributed by atoms with Crippen molar-refractivity contribution in [3.05, 3.63) is 167 Å². The van der Waals surface area contributed by atoms with Crippen molar-refractivity contribution in [2.75, 3.05) is 18.6 Å². The van der Waals surface area contributed by atoms with Gasteiger partial charge in [0.15, 0.2) is 0 Å². The lowest BCUT2D eigenvalue weighted by Gasteiger charge is -2.39. The predicted molar refractivity (Wildman–Crippen MR) is 205 cm³/mol. The number of carboxylic acids is 2. The minimum absolute atomic E-state index is 0.101. The molecule has 5 aromatic carbocycles. The first-order chi connectivity index (χ1) is 24.6. The van der Waals surface area contributed by atoms with Crippen molar-refractivity contribution in [3.63, 3.8) is 0 Å². The Hall–Kier alpha value is -5.03. The van der Waals surface area contributed by atoms with Crippen LogP contribution in [0.15, 0.2) is 140 Å². The number of hydrogen-bond acceptors (Lipinski definition) is 7. The van der Waals surface area contributed by atoms with Crippen molar-refractivity contribution in [3.8, 4) is 11.1 Å². The number of aliphatic carboxylic acids is 2. The number of thiol groups is 1. The first-order valence-corrected chi connectivity index (χ1v) is 17.9. The lowest BCUT2D eigenvalue weighted by molar-refractivity contribution is -0.143. The molecule has 0 saturated heterocycles. The summed E-state index contributed by atoms with van der Waals surface area (Å²) in [6.45, 7) is 1.42. The number of amides is 1. The van der Waals surface area contributed by atoms with Gasteiger partial charge in [-0.1, -0.05) is 140 Å². The van der Waals surface area contributed by atoms with Gasteiger partial charge in [0.05, 0.1) is 17.9 Å². The van der Waals surface area contributed by atoms with E-state index in [1.807, 2.05) is 103 Å². The smallest absolute Gasteiger partial charge is 0.411 e. The second-order valence-electron chi connectivity index (χ2n) is 12.3. The molecular formula is C41H40N2O6S2. The fourth-order valence-electron chi connectivity index (χ4n) is 6.26. The molecule has 0 fully saturated rings. The standard InChI is InChI=1S/C37H31NO4S.C4H9NO2S/c1-42-36(41)38(34-31-23-13-11-21-29(31)30-22-12-14-24-32(30)34)33(35(39)40)25-43-37(26-15-5-2-6-16-26,27-17-7-3-8-18-27)28-19-9-4-10-20-28;1-4(5,2-8)3(6)7/h2-24,33-34H,25H2,1H3,(H,39,40);8H,2,5H2,1H3,(H,6,7)/t;4-/m.1/s1. The van der Waals surface area contributed by atoms with Crippen LogP contribution in [0.5, 0.6) is 0 Å². The third-order valence-corrected chi connectivity index (χ3v) is 11.2. The average Bonchev–Trinajstić information content (AvgIpc) is 3.49. The van der Waals surface area contributed by atoms with Crippen LogP contribution in [0.25, 0.3) is 11.1 Å². The van der Waals surface area contributed by atoms with Crippen LogP contribution in [0.4, 0.5) is 4.79 Å². The van der Waals surface area contributed by atoms with Crippen LogP contribution in [0.3, 0.4) is 0 Å². The molecule has 2 atom stereocenters. The first kappa shape index (κ1) is 37.2. The zero-order chi connectivity index (χ0) is 36.6. The molecule has 1 unspecified atom stereocenters. The number of benzene rings is 5. The molecule has 10 heteroatoms. The normalized spacial score (nSPS) is 13.7. The highest BCUT2D eigenvalue weighted by atomic mass is 32.2. The van der Waals surface area contributed by atoms with Crippen LogP contribution in [0.2, 0.25) is 0 Å². The Morgan fingerprint density at radius 2 is 1.14 bits per heavy atom. The Morgan fingerprint density at radius 1 is 0.745 bits per heavy atom. The summed E-state index contributed by atoms with van der Waals surface area (Å²) in [7, 11) is 1.30.